The molecule has 128 valence electrons. The van der Waals surface area contributed by atoms with E-state index in [9.17, 15) is 4.39 Å². The highest BCUT2D eigenvalue weighted by Gasteiger charge is 2.53. The first-order valence-electron chi connectivity index (χ1n) is 9.08. The lowest BCUT2D eigenvalue weighted by atomic mass is 9.75. The van der Waals surface area contributed by atoms with Crippen molar-refractivity contribution >= 4 is 0 Å². The molecule has 2 bridgehead atoms. The molecule has 2 heterocycles. The van der Waals surface area contributed by atoms with Crippen LogP contribution in [0.2, 0.25) is 0 Å². The van der Waals surface area contributed by atoms with Crippen molar-refractivity contribution in [3.8, 4) is 0 Å². The minimum atomic E-state index is -0.246. The third-order valence-corrected chi connectivity index (χ3v) is 6.22. The zero-order valence-electron chi connectivity index (χ0n) is 14.6. The van der Waals surface area contributed by atoms with Crippen molar-refractivity contribution in [2.75, 3.05) is 0 Å². The van der Waals surface area contributed by atoms with E-state index in [1.165, 1.54) is 12.5 Å². The minimum Gasteiger partial charge on any atom is -0.370 e. The minimum absolute atomic E-state index is 0.00308. The van der Waals surface area contributed by atoms with E-state index in [0.29, 0.717) is 18.1 Å². The highest BCUT2D eigenvalue weighted by Crippen LogP contribution is 2.51. The summed E-state index contributed by atoms with van der Waals surface area (Å²) in [6, 6.07) is 6.87. The molecule has 2 aliphatic heterocycles. The molecule has 1 aliphatic carbocycles. The molecule has 0 spiro atoms. The van der Waals surface area contributed by atoms with Gasteiger partial charge in [-0.15, -0.1) is 0 Å². The molecule has 0 radical (unpaired) electrons. The maximum atomic E-state index is 13.8. The third kappa shape index (κ3) is 3.06. The van der Waals surface area contributed by atoms with E-state index in [4.69, 9.17) is 9.47 Å². The van der Waals surface area contributed by atoms with Crippen LogP contribution in [0.1, 0.15) is 64.9 Å². The standard InChI is InChI=1S/C20H29FO2/c1-4-20(5-2)16-10-11-18(19(3,23-20)13-12-16)22-14-15-8-6-7-9-17(15)21/h6-9,16,18H,4-5,10-14H2,1-3H3. The molecule has 0 amide bonds. The smallest absolute Gasteiger partial charge is 0.128 e. The Kier molecular flexibility index (Phi) is 4.80. The Morgan fingerprint density at radius 3 is 2.61 bits per heavy atom. The summed E-state index contributed by atoms with van der Waals surface area (Å²) < 4.78 is 26.7. The van der Waals surface area contributed by atoms with Gasteiger partial charge in [0.2, 0.25) is 0 Å². The van der Waals surface area contributed by atoms with Gasteiger partial charge in [0, 0.05) is 5.56 Å². The second-order valence-corrected chi connectivity index (χ2v) is 7.39. The number of halogens is 1. The van der Waals surface area contributed by atoms with Crippen molar-refractivity contribution in [2.45, 2.75) is 83.2 Å². The summed E-state index contributed by atoms with van der Waals surface area (Å²) in [7, 11) is 0. The van der Waals surface area contributed by atoms with Gasteiger partial charge in [0.1, 0.15) is 5.82 Å². The van der Waals surface area contributed by atoms with E-state index >= 15 is 0 Å². The average Bonchev–Trinajstić information content (AvgIpc) is 2.79. The SMILES string of the molecule is CCC1(CC)OC2(C)CCC1CCC2OCc1ccccc1F. The molecule has 3 unspecified atom stereocenters. The summed E-state index contributed by atoms with van der Waals surface area (Å²) in [4.78, 5) is 0. The first-order chi connectivity index (χ1) is 11.0. The normalized spacial score (nSPS) is 32.7. The summed E-state index contributed by atoms with van der Waals surface area (Å²) in [5.74, 6) is 0.445. The second-order valence-electron chi connectivity index (χ2n) is 7.39. The van der Waals surface area contributed by atoms with E-state index in [-0.39, 0.29) is 23.1 Å². The number of ether oxygens (including phenoxy) is 2. The van der Waals surface area contributed by atoms with Crippen LogP contribution in [-0.2, 0) is 16.1 Å². The summed E-state index contributed by atoms with van der Waals surface area (Å²) in [6.45, 7) is 7.00. The van der Waals surface area contributed by atoms with Crippen LogP contribution >= 0.6 is 0 Å². The Morgan fingerprint density at radius 2 is 1.91 bits per heavy atom. The van der Waals surface area contributed by atoms with Crippen molar-refractivity contribution in [1.29, 1.82) is 0 Å². The topological polar surface area (TPSA) is 18.5 Å². The summed E-state index contributed by atoms with van der Waals surface area (Å²) >= 11 is 0. The molecule has 3 aliphatic rings. The molecular formula is C20H29FO2. The van der Waals surface area contributed by atoms with Crippen LogP contribution in [-0.4, -0.2) is 17.3 Å². The molecule has 2 nitrogen and oxygen atoms in total. The quantitative estimate of drug-likeness (QED) is 0.738. The predicted octanol–water partition coefficient (Wildman–Crippen LogP) is 5.25. The van der Waals surface area contributed by atoms with Crippen LogP contribution in [0.15, 0.2) is 24.3 Å². The van der Waals surface area contributed by atoms with Gasteiger partial charge >= 0.3 is 0 Å². The average molecular weight is 320 g/mol. The van der Waals surface area contributed by atoms with E-state index in [1.807, 2.05) is 6.07 Å². The van der Waals surface area contributed by atoms with E-state index in [0.717, 1.165) is 32.1 Å². The van der Waals surface area contributed by atoms with Gasteiger partial charge in [-0.2, -0.15) is 0 Å². The maximum Gasteiger partial charge on any atom is 0.128 e. The van der Waals surface area contributed by atoms with Crippen LogP contribution < -0.4 is 0 Å². The molecule has 3 fully saturated rings. The van der Waals surface area contributed by atoms with Crippen molar-refractivity contribution in [2.24, 2.45) is 5.92 Å². The highest BCUT2D eigenvalue weighted by molar-refractivity contribution is 5.16. The molecule has 4 rings (SSSR count). The first kappa shape index (κ1) is 16.9. The third-order valence-electron chi connectivity index (χ3n) is 6.22. The molecule has 23 heavy (non-hydrogen) atoms. The van der Waals surface area contributed by atoms with Gasteiger partial charge < -0.3 is 9.47 Å². The fraction of sp³-hybridized carbons (Fsp3) is 0.700. The van der Waals surface area contributed by atoms with E-state index in [2.05, 4.69) is 20.8 Å². The zero-order valence-corrected chi connectivity index (χ0v) is 14.6. The molecule has 3 atom stereocenters. The number of hydrogen-bond acceptors (Lipinski definition) is 2. The lowest BCUT2D eigenvalue weighted by molar-refractivity contribution is -0.238. The summed E-state index contributed by atoms with van der Waals surface area (Å²) in [5, 5.41) is 0. The van der Waals surface area contributed by atoms with Crippen molar-refractivity contribution < 1.29 is 13.9 Å². The maximum absolute atomic E-state index is 13.8. The van der Waals surface area contributed by atoms with Gasteiger partial charge in [0.05, 0.1) is 23.9 Å². The van der Waals surface area contributed by atoms with Crippen molar-refractivity contribution in [3.63, 3.8) is 0 Å². The van der Waals surface area contributed by atoms with Gasteiger partial charge in [-0.3, -0.25) is 0 Å². The van der Waals surface area contributed by atoms with Crippen LogP contribution in [0.25, 0.3) is 0 Å². The van der Waals surface area contributed by atoms with Crippen LogP contribution in [0.5, 0.6) is 0 Å². The molecule has 2 saturated heterocycles. The molecule has 3 heteroatoms. The zero-order chi connectivity index (χ0) is 16.5. The number of rotatable bonds is 5. The molecule has 1 aromatic carbocycles. The van der Waals surface area contributed by atoms with Crippen LogP contribution in [0.3, 0.4) is 0 Å². The molecule has 1 saturated carbocycles. The number of fused-ring (bicyclic) bond motifs is 4. The Morgan fingerprint density at radius 1 is 1.17 bits per heavy atom. The summed E-state index contributed by atoms with van der Waals surface area (Å²) in [6.07, 6.45) is 6.59. The molecule has 0 aromatic heterocycles. The first-order valence-corrected chi connectivity index (χ1v) is 9.08. The Balaban J connectivity index is 1.75. The Bertz CT molecular complexity index is 540. The lowest BCUT2D eigenvalue weighted by Crippen LogP contribution is -2.54. The number of benzene rings is 1. The van der Waals surface area contributed by atoms with Gasteiger partial charge in [-0.1, -0.05) is 32.0 Å². The van der Waals surface area contributed by atoms with Gasteiger partial charge in [0.15, 0.2) is 0 Å². The van der Waals surface area contributed by atoms with Crippen molar-refractivity contribution in [3.05, 3.63) is 35.6 Å². The fourth-order valence-corrected chi connectivity index (χ4v) is 4.65. The Labute approximate surface area is 139 Å². The fourth-order valence-electron chi connectivity index (χ4n) is 4.65. The Hall–Kier alpha value is -0.930. The van der Waals surface area contributed by atoms with E-state index in [1.54, 1.807) is 12.1 Å². The van der Waals surface area contributed by atoms with Crippen molar-refractivity contribution in [1.82, 2.24) is 0 Å². The molecular weight excluding hydrogens is 291 g/mol. The van der Waals surface area contributed by atoms with Gasteiger partial charge in [0.25, 0.3) is 0 Å². The highest BCUT2D eigenvalue weighted by atomic mass is 19.1. The van der Waals surface area contributed by atoms with Crippen LogP contribution in [0, 0.1) is 11.7 Å². The van der Waals surface area contributed by atoms with E-state index < -0.39 is 0 Å². The number of hydrogen-bond donors (Lipinski definition) is 0. The monoisotopic (exact) mass is 320 g/mol. The van der Waals surface area contributed by atoms with Gasteiger partial charge in [-0.25, -0.2) is 4.39 Å². The molecule has 0 N–H and O–H groups in total. The van der Waals surface area contributed by atoms with Crippen LogP contribution in [0.4, 0.5) is 4.39 Å². The summed E-state index contributed by atoms with van der Waals surface area (Å²) in [5.41, 5.74) is 0.389. The van der Waals surface area contributed by atoms with Gasteiger partial charge in [-0.05, 0) is 57.4 Å². The largest absolute Gasteiger partial charge is 0.370 e. The second kappa shape index (κ2) is 6.52. The predicted molar refractivity (Wildman–Crippen MR) is 89.7 cm³/mol. The molecule has 1 aromatic rings. The lowest BCUT2D eigenvalue weighted by Gasteiger charge is -2.50.